The minimum atomic E-state index is -4.65. The number of nitrogens with zero attached hydrogens (tertiary/aromatic N) is 1. The molecule has 1 saturated heterocycles. The molecule has 3 heterocycles. The summed E-state index contributed by atoms with van der Waals surface area (Å²) >= 11 is 8.78. The number of hydrogen-bond donors (Lipinski definition) is 2. The molecule has 2 bridgehead atoms. The summed E-state index contributed by atoms with van der Waals surface area (Å²) in [6.07, 6.45) is -3.94. The fourth-order valence-corrected chi connectivity index (χ4v) is 11.5. The molecular formula is C36H29ClF3N3O6S2. The van der Waals surface area contributed by atoms with Crippen molar-refractivity contribution in [3.63, 3.8) is 0 Å². The Labute approximate surface area is 302 Å². The highest BCUT2D eigenvalue weighted by Crippen LogP contribution is 2.69. The van der Waals surface area contributed by atoms with Crippen LogP contribution in [-0.2, 0) is 20.6 Å². The van der Waals surface area contributed by atoms with Crippen molar-refractivity contribution in [3.05, 3.63) is 97.4 Å². The van der Waals surface area contributed by atoms with E-state index in [2.05, 4.69) is 10.3 Å². The van der Waals surface area contributed by atoms with Crippen molar-refractivity contribution in [3.8, 4) is 11.5 Å². The molecule has 2 aliphatic carbocycles. The van der Waals surface area contributed by atoms with Crippen molar-refractivity contribution >= 4 is 63.8 Å². The smallest absolute Gasteiger partial charge is 0.418 e. The molecule has 0 radical (unpaired) electrons. The first-order valence-corrected chi connectivity index (χ1v) is 18.4. The molecule has 2 saturated carbocycles. The number of carbonyl (C=O) groups is 3. The Bertz CT molecular complexity index is 2120. The first kappa shape index (κ1) is 33.9. The van der Waals surface area contributed by atoms with E-state index in [4.69, 9.17) is 21.1 Å². The number of fused-ring (bicyclic) bond motifs is 9. The second-order valence-corrected chi connectivity index (χ2v) is 15.6. The number of thiazole rings is 1. The van der Waals surface area contributed by atoms with Crippen LogP contribution in [0, 0.1) is 29.6 Å². The van der Waals surface area contributed by atoms with Gasteiger partial charge in [0.05, 0.1) is 40.4 Å². The van der Waals surface area contributed by atoms with Gasteiger partial charge in [-0.25, -0.2) is 0 Å². The number of thioether (sulfide) groups is 1. The molecule has 3 aromatic carbocycles. The van der Waals surface area contributed by atoms with Gasteiger partial charge in [-0.15, -0.1) is 11.8 Å². The third kappa shape index (κ3) is 5.71. The highest BCUT2D eigenvalue weighted by Gasteiger charge is 2.69. The van der Waals surface area contributed by atoms with E-state index in [-0.39, 0.29) is 63.7 Å². The molecule has 3 amide bonds. The van der Waals surface area contributed by atoms with E-state index in [1.54, 1.807) is 55.1 Å². The van der Waals surface area contributed by atoms with Gasteiger partial charge in [0.2, 0.25) is 11.8 Å². The van der Waals surface area contributed by atoms with Gasteiger partial charge in [0.25, 0.3) is 5.91 Å². The van der Waals surface area contributed by atoms with E-state index in [9.17, 15) is 32.3 Å². The van der Waals surface area contributed by atoms with Gasteiger partial charge in [0, 0.05) is 21.1 Å². The zero-order chi connectivity index (χ0) is 35.8. The van der Waals surface area contributed by atoms with Crippen LogP contribution < -0.4 is 24.6 Å². The maximum Gasteiger partial charge on any atom is 0.418 e. The number of halogens is 4. The number of aromatic nitrogens is 1. The Kier molecular flexibility index (Phi) is 8.46. The van der Waals surface area contributed by atoms with Crippen molar-refractivity contribution in [2.24, 2.45) is 29.6 Å². The summed E-state index contributed by atoms with van der Waals surface area (Å²) in [6.45, 7) is 1.46. The standard InChI is InChI=1S/C36H29ClF3N3O6S2/c1-2-48-24-13-16(7-12-23(24)49-15-25(44)41-22-6-4-3-5-21(22)36(38,39)40)26-27-19-14-20(30(27)50-32-31(26)51-35(47)42-32)29-28(19)33(45)43(34(29)46)18-10-8-17(37)9-11-18/h3-13,19-20,26-30H,2,14-15H2,1H3,(H,41,44)(H,42,47)/t19-,20-,26-,27?,28?,29?,30?/m1/s1. The number of benzene rings is 3. The Hall–Kier alpha value is -4.27. The average Bonchev–Trinajstić information content (AvgIpc) is 3.83. The van der Waals surface area contributed by atoms with Gasteiger partial charge in [-0.3, -0.25) is 24.1 Å². The van der Waals surface area contributed by atoms with E-state index in [1.165, 1.54) is 23.1 Å². The highest BCUT2D eigenvalue weighted by atomic mass is 35.5. The van der Waals surface area contributed by atoms with Crippen LogP contribution in [0.1, 0.15) is 35.3 Å². The lowest BCUT2D eigenvalue weighted by molar-refractivity contribution is -0.137. The van der Waals surface area contributed by atoms with Gasteiger partial charge >= 0.3 is 11.0 Å². The molecule has 4 unspecified atom stereocenters. The van der Waals surface area contributed by atoms with Crippen LogP contribution in [0.2, 0.25) is 5.02 Å². The number of carbonyl (C=O) groups excluding carboxylic acids is 3. The normalized spacial score (nSPS) is 26.1. The maximum absolute atomic E-state index is 14.0. The molecule has 9 nitrogen and oxygen atoms in total. The number of amides is 3. The average molecular weight is 756 g/mol. The van der Waals surface area contributed by atoms with Gasteiger partial charge in [-0.1, -0.05) is 41.1 Å². The fourth-order valence-electron chi connectivity index (χ4n) is 8.51. The van der Waals surface area contributed by atoms with Crippen LogP contribution in [-0.4, -0.2) is 41.2 Å². The number of hydrogen-bond acceptors (Lipinski definition) is 8. The van der Waals surface area contributed by atoms with Crippen LogP contribution in [0.25, 0.3) is 0 Å². The summed E-state index contributed by atoms with van der Waals surface area (Å²) in [7, 11) is 0. The molecule has 264 valence electrons. The van der Waals surface area contributed by atoms with Gasteiger partial charge in [0.15, 0.2) is 18.1 Å². The quantitative estimate of drug-likeness (QED) is 0.183. The predicted molar refractivity (Wildman–Crippen MR) is 186 cm³/mol. The van der Waals surface area contributed by atoms with Gasteiger partial charge in [-0.05, 0) is 85.2 Å². The molecule has 3 fully saturated rings. The molecule has 4 aromatic rings. The van der Waals surface area contributed by atoms with E-state index < -0.39 is 36.1 Å². The zero-order valence-corrected chi connectivity index (χ0v) is 29.1. The second-order valence-electron chi connectivity index (χ2n) is 13.0. The minimum Gasteiger partial charge on any atom is -0.490 e. The molecule has 51 heavy (non-hydrogen) atoms. The van der Waals surface area contributed by atoms with Gasteiger partial charge < -0.3 is 19.8 Å². The molecular weight excluding hydrogens is 727 g/mol. The van der Waals surface area contributed by atoms with Gasteiger partial charge in [-0.2, -0.15) is 13.2 Å². The topological polar surface area (TPSA) is 118 Å². The van der Waals surface area contributed by atoms with E-state index in [0.717, 1.165) is 32.9 Å². The largest absolute Gasteiger partial charge is 0.490 e. The maximum atomic E-state index is 14.0. The Balaban J connectivity index is 1.08. The molecule has 15 heteroatoms. The van der Waals surface area contributed by atoms with Crippen LogP contribution >= 0.6 is 34.7 Å². The summed E-state index contributed by atoms with van der Waals surface area (Å²) in [6, 6.07) is 16.6. The first-order valence-electron chi connectivity index (χ1n) is 16.3. The second kappa shape index (κ2) is 12.7. The third-order valence-corrected chi connectivity index (χ3v) is 13.1. The van der Waals surface area contributed by atoms with Crippen molar-refractivity contribution < 1.29 is 37.0 Å². The summed E-state index contributed by atoms with van der Waals surface area (Å²) in [5.41, 5.74) is -0.0381. The van der Waals surface area contributed by atoms with E-state index in [0.29, 0.717) is 22.9 Å². The number of aromatic amines is 1. The van der Waals surface area contributed by atoms with Gasteiger partial charge in [0.1, 0.15) is 0 Å². The Morgan fingerprint density at radius 1 is 0.980 bits per heavy atom. The molecule has 2 aliphatic heterocycles. The lowest BCUT2D eigenvalue weighted by Gasteiger charge is -2.43. The van der Waals surface area contributed by atoms with Crippen molar-refractivity contribution in [1.29, 1.82) is 0 Å². The monoisotopic (exact) mass is 755 g/mol. The summed E-state index contributed by atoms with van der Waals surface area (Å²) < 4.78 is 52.0. The molecule has 2 N–H and O–H groups in total. The predicted octanol–water partition coefficient (Wildman–Crippen LogP) is 7.20. The molecule has 4 aliphatic rings. The fraction of sp³-hybridized carbons (Fsp3) is 0.333. The number of rotatable bonds is 8. The highest BCUT2D eigenvalue weighted by molar-refractivity contribution is 8.00. The Morgan fingerprint density at radius 2 is 1.71 bits per heavy atom. The van der Waals surface area contributed by atoms with Crippen molar-refractivity contribution in [1.82, 2.24) is 4.98 Å². The molecule has 7 atom stereocenters. The Morgan fingerprint density at radius 3 is 2.43 bits per heavy atom. The van der Waals surface area contributed by atoms with Crippen molar-refractivity contribution in [2.75, 3.05) is 23.4 Å². The number of imide groups is 1. The molecule has 8 rings (SSSR count). The number of nitrogens with one attached hydrogen (secondary N) is 2. The number of para-hydroxylation sites is 1. The lowest BCUT2D eigenvalue weighted by Crippen LogP contribution is -2.42. The summed E-state index contributed by atoms with van der Waals surface area (Å²) in [5.74, 6) is -2.17. The SMILES string of the molecule is CCOc1cc([C@H]2c3sc(=O)[nH]c3SC3C2[C@H]2C[C@@H]3C3C(=O)N(c4ccc(Cl)cc4)C(=O)C32)ccc1OCC(=O)Nc1ccccc1C(F)(F)F. The minimum absolute atomic E-state index is 0.0318. The zero-order valence-electron chi connectivity index (χ0n) is 26.7. The van der Waals surface area contributed by atoms with Crippen LogP contribution in [0.4, 0.5) is 24.5 Å². The van der Waals surface area contributed by atoms with Crippen LogP contribution in [0.15, 0.2) is 76.6 Å². The number of alkyl halides is 3. The summed E-state index contributed by atoms with van der Waals surface area (Å²) in [5, 5.41) is 3.50. The third-order valence-electron chi connectivity index (χ3n) is 10.3. The number of H-pyrrole nitrogens is 1. The number of ether oxygens (including phenoxy) is 2. The molecule has 1 aromatic heterocycles. The van der Waals surface area contributed by atoms with E-state index >= 15 is 0 Å². The van der Waals surface area contributed by atoms with Crippen LogP contribution in [0.5, 0.6) is 11.5 Å². The lowest BCUT2D eigenvalue weighted by atomic mass is 9.68. The van der Waals surface area contributed by atoms with E-state index in [1.807, 2.05) is 6.07 Å². The molecule has 0 spiro atoms. The van der Waals surface area contributed by atoms with Crippen LogP contribution in [0.3, 0.4) is 0 Å². The van der Waals surface area contributed by atoms with Crippen molar-refractivity contribution in [2.45, 2.75) is 35.7 Å². The number of anilines is 2. The first-order chi connectivity index (χ1) is 24.4. The summed E-state index contributed by atoms with van der Waals surface area (Å²) in [4.78, 5) is 58.3.